The Kier molecular flexibility index (Phi) is 3.22. The molecule has 1 amide bonds. The van der Waals surface area contributed by atoms with Gasteiger partial charge in [0.15, 0.2) is 0 Å². The molecule has 7 nitrogen and oxygen atoms in total. The predicted octanol–water partition coefficient (Wildman–Crippen LogP) is 2.11. The van der Waals surface area contributed by atoms with Crippen molar-refractivity contribution >= 4 is 33.8 Å². The minimum absolute atomic E-state index is 0.290. The lowest BCUT2D eigenvalue weighted by atomic mass is 10.2. The lowest BCUT2D eigenvalue weighted by molar-refractivity contribution is 0.159. The van der Waals surface area contributed by atoms with Gasteiger partial charge in [-0.15, -0.1) is 0 Å². The molecule has 0 unspecified atom stereocenters. The summed E-state index contributed by atoms with van der Waals surface area (Å²) in [5.74, 6) is 0.347. The predicted molar refractivity (Wildman–Crippen MR) is 82.8 cm³/mol. The molecule has 2 aromatic heterocycles. The van der Waals surface area contributed by atoms with Crippen molar-refractivity contribution in [2.75, 3.05) is 31.6 Å². The van der Waals surface area contributed by atoms with Crippen molar-refractivity contribution in [3.05, 3.63) is 30.3 Å². The quantitative estimate of drug-likeness (QED) is 0.770. The molecule has 1 aliphatic rings. The van der Waals surface area contributed by atoms with Gasteiger partial charge in [0.25, 0.3) is 0 Å². The molecule has 0 aliphatic carbocycles. The topological polar surface area (TPSA) is 83.1 Å². The average molecular weight is 315 g/mol. The summed E-state index contributed by atoms with van der Waals surface area (Å²) in [7, 11) is 0. The van der Waals surface area contributed by atoms with Gasteiger partial charge in [0.05, 0.1) is 17.4 Å². The third kappa shape index (κ3) is 2.41. The van der Waals surface area contributed by atoms with Crippen LogP contribution in [-0.4, -0.2) is 52.2 Å². The monoisotopic (exact) mass is 315 g/mol. The molecule has 0 bridgehead atoms. The van der Waals surface area contributed by atoms with Crippen LogP contribution in [0.5, 0.6) is 0 Å². The van der Waals surface area contributed by atoms with E-state index in [0.717, 1.165) is 10.8 Å². The first kappa shape index (κ1) is 13.7. The van der Waals surface area contributed by atoms with Crippen LogP contribution in [0, 0.1) is 5.82 Å². The maximum atomic E-state index is 13.4. The van der Waals surface area contributed by atoms with Crippen molar-refractivity contribution < 1.29 is 13.9 Å². The number of aromatic amines is 1. The summed E-state index contributed by atoms with van der Waals surface area (Å²) in [6.07, 6.45) is 1.16. The molecular formula is C15H14FN5O2. The second kappa shape index (κ2) is 5.38. The molecule has 3 aromatic rings. The van der Waals surface area contributed by atoms with Gasteiger partial charge in [0, 0.05) is 18.5 Å². The summed E-state index contributed by atoms with van der Waals surface area (Å²) < 4.78 is 18.2. The first-order valence-corrected chi connectivity index (χ1v) is 7.30. The average Bonchev–Trinajstić information content (AvgIpc) is 3.10. The van der Waals surface area contributed by atoms with Crippen molar-refractivity contribution in [3.63, 3.8) is 0 Å². The molecule has 4 rings (SSSR count). The molecule has 8 heteroatoms. The molecule has 3 heterocycles. The standard InChI is InChI=1S/C15H14FN5O2/c16-9-1-2-10-11(7-9)20-14-12(10)13(18-8-19-14)17-3-4-21-5-6-23-15(21)22/h1-2,7-8H,3-6H2,(H2,17,18,19,20). The Morgan fingerprint density at radius 3 is 3.13 bits per heavy atom. The highest BCUT2D eigenvalue weighted by Gasteiger charge is 2.21. The zero-order valence-corrected chi connectivity index (χ0v) is 12.2. The van der Waals surface area contributed by atoms with Crippen molar-refractivity contribution in [3.8, 4) is 0 Å². The number of hydrogen-bond donors (Lipinski definition) is 2. The molecule has 1 fully saturated rings. The lowest BCUT2D eigenvalue weighted by Crippen LogP contribution is -2.29. The number of aromatic nitrogens is 3. The number of amides is 1. The zero-order chi connectivity index (χ0) is 15.8. The molecule has 0 radical (unpaired) electrons. The molecule has 0 saturated carbocycles. The second-order valence-corrected chi connectivity index (χ2v) is 5.29. The van der Waals surface area contributed by atoms with Crippen LogP contribution in [0.15, 0.2) is 24.5 Å². The highest BCUT2D eigenvalue weighted by molar-refractivity contribution is 6.10. The fraction of sp³-hybridized carbons (Fsp3) is 0.267. The molecule has 2 N–H and O–H groups in total. The number of fused-ring (bicyclic) bond motifs is 3. The summed E-state index contributed by atoms with van der Waals surface area (Å²) >= 11 is 0. The minimum atomic E-state index is -0.306. The minimum Gasteiger partial charge on any atom is -0.448 e. The Morgan fingerprint density at radius 2 is 2.30 bits per heavy atom. The van der Waals surface area contributed by atoms with Crippen LogP contribution >= 0.6 is 0 Å². The summed E-state index contributed by atoms with van der Waals surface area (Å²) in [5, 5.41) is 4.88. The van der Waals surface area contributed by atoms with E-state index < -0.39 is 0 Å². The third-order valence-electron chi connectivity index (χ3n) is 3.87. The first-order valence-electron chi connectivity index (χ1n) is 7.30. The maximum absolute atomic E-state index is 13.4. The number of carbonyl (C=O) groups is 1. The molecular weight excluding hydrogens is 301 g/mol. The van der Waals surface area contributed by atoms with E-state index in [9.17, 15) is 9.18 Å². The van der Waals surface area contributed by atoms with Crippen LogP contribution in [0.4, 0.5) is 15.0 Å². The van der Waals surface area contributed by atoms with E-state index in [-0.39, 0.29) is 11.9 Å². The Balaban J connectivity index is 1.61. The van der Waals surface area contributed by atoms with Gasteiger partial charge in [0.1, 0.15) is 30.2 Å². The van der Waals surface area contributed by atoms with Gasteiger partial charge in [-0.2, -0.15) is 0 Å². The number of ether oxygens (including phenoxy) is 1. The second-order valence-electron chi connectivity index (χ2n) is 5.29. The van der Waals surface area contributed by atoms with Gasteiger partial charge in [-0.3, -0.25) is 0 Å². The maximum Gasteiger partial charge on any atom is 0.409 e. The van der Waals surface area contributed by atoms with E-state index in [1.165, 1.54) is 18.5 Å². The van der Waals surface area contributed by atoms with Crippen LogP contribution in [0.1, 0.15) is 0 Å². The third-order valence-corrected chi connectivity index (χ3v) is 3.87. The van der Waals surface area contributed by atoms with E-state index in [2.05, 4.69) is 20.3 Å². The largest absolute Gasteiger partial charge is 0.448 e. The van der Waals surface area contributed by atoms with E-state index in [1.807, 2.05) is 0 Å². The van der Waals surface area contributed by atoms with E-state index in [0.29, 0.717) is 43.2 Å². The lowest BCUT2D eigenvalue weighted by Gasteiger charge is -2.13. The number of carbonyl (C=O) groups excluding carboxylic acids is 1. The number of halogens is 1. The van der Waals surface area contributed by atoms with E-state index in [1.54, 1.807) is 11.0 Å². The number of H-pyrrole nitrogens is 1. The number of anilines is 1. The molecule has 118 valence electrons. The smallest absolute Gasteiger partial charge is 0.409 e. The molecule has 0 spiro atoms. The SMILES string of the molecule is O=C1OCCN1CCNc1ncnc2[nH]c3cc(F)ccc3c12. The fourth-order valence-electron chi connectivity index (χ4n) is 2.77. The Bertz CT molecular complexity index is 894. The Morgan fingerprint density at radius 1 is 1.39 bits per heavy atom. The Hall–Kier alpha value is -2.90. The van der Waals surface area contributed by atoms with Crippen molar-refractivity contribution in [2.45, 2.75) is 0 Å². The van der Waals surface area contributed by atoms with Crippen molar-refractivity contribution in [2.24, 2.45) is 0 Å². The number of rotatable bonds is 4. The summed E-state index contributed by atoms with van der Waals surface area (Å²) in [4.78, 5) is 24.6. The molecule has 1 aromatic carbocycles. The fourth-order valence-corrected chi connectivity index (χ4v) is 2.77. The first-order chi connectivity index (χ1) is 11.2. The van der Waals surface area contributed by atoms with Gasteiger partial charge in [0.2, 0.25) is 0 Å². The van der Waals surface area contributed by atoms with Crippen molar-refractivity contribution in [1.29, 1.82) is 0 Å². The van der Waals surface area contributed by atoms with Crippen LogP contribution in [-0.2, 0) is 4.74 Å². The van der Waals surface area contributed by atoms with Gasteiger partial charge < -0.3 is 19.9 Å². The summed E-state index contributed by atoms with van der Waals surface area (Å²) in [6.45, 7) is 2.10. The van der Waals surface area contributed by atoms with E-state index in [4.69, 9.17) is 4.74 Å². The zero-order valence-electron chi connectivity index (χ0n) is 12.2. The van der Waals surface area contributed by atoms with Crippen LogP contribution in [0.25, 0.3) is 21.9 Å². The highest BCUT2D eigenvalue weighted by atomic mass is 19.1. The number of nitrogens with one attached hydrogen (secondary N) is 2. The van der Waals surface area contributed by atoms with Crippen LogP contribution in [0.2, 0.25) is 0 Å². The molecule has 1 saturated heterocycles. The van der Waals surface area contributed by atoms with Crippen LogP contribution in [0.3, 0.4) is 0 Å². The van der Waals surface area contributed by atoms with Crippen LogP contribution < -0.4 is 5.32 Å². The van der Waals surface area contributed by atoms with Gasteiger partial charge in [-0.05, 0) is 18.2 Å². The summed E-state index contributed by atoms with van der Waals surface area (Å²) in [5.41, 5.74) is 1.32. The van der Waals surface area contributed by atoms with E-state index >= 15 is 0 Å². The Labute approximate surface area is 130 Å². The van der Waals surface area contributed by atoms with Gasteiger partial charge in [-0.25, -0.2) is 19.2 Å². The van der Waals surface area contributed by atoms with Crippen molar-refractivity contribution in [1.82, 2.24) is 19.9 Å². The number of nitrogens with zero attached hydrogens (tertiary/aromatic N) is 3. The molecule has 23 heavy (non-hydrogen) atoms. The normalized spacial score (nSPS) is 14.7. The summed E-state index contributed by atoms with van der Waals surface area (Å²) in [6, 6.07) is 4.55. The number of hydrogen-bond acceptors (Lipinski definition) is 5. The highest BCUT2D eigenvalue weighted by Crippen LogP contribution is 2.29. The molecule has 0 atom stereocenters. The number of benzene rings is 1. The molecule has 1 aliphatic heterocycles. The number of cyclic esters (lactones) is 1. The van der Waals surface area contributed by atoms with Gasteiger partial charge in [-0.1, -0.05) is 0 Å². The van der Waals surface area contributed by atoms with Gasteiger partial charge >= 0.3 is 6.09 Å².